The topological polar surface area (TPSA) is 79.5 Å². The van der Waals surface area contributed by atoms with Crippen molar-refractivity contribution < 1.29 is 14.3 Å². The third-order valence-corrected chi connectivity index (χ3v) is 3.98. The smallest absolute Gasteiger partial charge is 0.337 e. The molecule has 0 aliphatic heterocycles. The Morgan fingerprint density at radius 1 is 0.857 bits per heavy atom. The number of rotatable bonds is 5. The van der Waals surface area contributed by atoms with Crippen LogP contribution in [0.1, 0.15) is 15.9 Å². The van der Waals surface area contributed by atoms with Crippen molar-refractivity contribution in [2.45, 2.75) is 6.61 Å². The maximum absolute atomic E-state index is 12.4. The Bertz CT molecular complexity index is 964. The number of hydrazine groups is 1. The maximum Gasteiger partial charge on any atom is 0.337 e. The van der Waals surface area contributed by atoms with E-state index in [1.165, 1.54) is 0 Å². The molecule has 0 unspecified atom stereocenters. The molecule has 0 heterocycles. The van der Waals surface area contributed by atoms with Crippen LogP contribution in [-0.4, -0.2) is 11.9 Å². The first-order valence-corrected chi connectivity index (χ1v) is 8.88. The van der Waals surface area contributed by atoms with E-state index in [2.05, 4.69) is 16.2 Å². The van der Waals surface area contributed by atoms with Crippen LogP contribution in [0.15, 0.2) is 78.9 Å². The number of hydrogen-bond donors (Lipinski definition) is 3. The van der Waals surface area contributed by atoms with Gasteiger partial charge in [0, 0.05) is 10.7 Å². The van der Waals surface area contributed by atoms with E-state index in [1.807, 2.05) is 30.3 Å². The zero-order valence-electron chi connectivity index (χ0n) is 14.8. The van der Waals surface area contributed by atoms with Gasteiger partial charge in [0.05, 0.1) is 5.56 Å². The number of nitrogens with one attached hydrogen (secondary N) is 3. The zero-order chi connectivity index (χ0) is 19.8. The Morgan fingerprint density at radius 3 is 2.39 bits per heavy atom. The van der Waals surface area contributed by atoms with Crippen LogP contribution in [0, 0.1) is 0 Å². The molecule has 142 valence electrons. The highest BCUT2D eigenvalue weighted by Gasteiger charge is 2.13. The molecule has 3 amide bonds. The van der Waals surface area contributed by atoms with E-state index >= 15 is 0 Å². The summed E-state index contributed by atoms with van der Waals surface area (Å²) in [5, 5.41) is 3.06. The number of carbonyl (C=O) groups is 2. The number of para-hydroxylation sites is 1. The fraction of sp³-hybridized carbons (Fsp3) is 0.0476. The number of carbonyl (C=O) groups excluding carboxylic acids is 2. The minimum atomic E-state index is -0.599. The van der Waals surface area contributed by atoms with E-state index in [9.17, 15) is 9.59 Å². The van der Waals surface area contributed by atoms with Gasteiger partial charge in [0.2, 0.25) is 0 Å². The monoisotopic (exact) mass is 395 g/mol. The van der Waals surface area contributed by atoms with Gasteiger partial charge >= 0.3 is 6.03 Å². The molecule has 0 aliphatic carbocycles. The van der Waals surface area contributed by atoms with E-state index in [-0.39, 0.29) is 0 Å². The Hall–Kier alpha value is -3.51. The number of amides is 3. The molecule has 3 aromatic rings. The highest BCUT2D eigenvalue weighted by Crippen LogP contribution is 2.19. The summed E-state index contributed by atoms with van der Waals surface area (Å²) in [6.45, 7) is 0.327. The Morgan fingerprint density at radius 2 is 1.61 bits per heavy atom. The van der Waals surface area contributed by atoms with Crippen LogP contribution in [-0.2, 0) is 6.61 Å². The van der Waals surface area contributed by atoms with Crippen molar-refractivity contribution >= 4 is 29.2 Å². The summed E-state index contributed by atoms with van der Waals surface area (Å²) in [5.41, 5.74) is 6.46. The lowest BCUT2D eigenvalue weighted by atomic mass is 10.2. The number of benzene rings is 3. The molecule has 0 bridgehead atoms. The second-order valence-corrected chi connectivity index (χ2v) is 6.25. The molecule has 0 aliphatic rings. The fourth-order valence-electron chi connectivity index (χ4n) is 2.42. The van der Waals surface area contributed by atoms with Gasteiger partial charge in [-0.15, -0.1) is 0 Å². The second-order valence-electron chi connectivity index (χ2n) is 5.81. The average Bonchev–Trinajstić information content (AvgIpc) is 2.71. The van der Waals surface area contributed by atoms with Gasteiger partial charge in [-0.2, -0.15) is 0 Å². The van der Waals surface area contributed by atoms with E-state index in [0.29, 0.717) is 28.6 Å². The van der Waals surface area contributed by atoms with Crippen molar-refractivity contribution in [3.05, 3.63) is 95.0 Å². The van der Waals surface area contributed by atoms with E-state index in [1.54, 1.807) is 48.5 Å². The van der Waals surface area contributed by atoms with E-state index in [4.69, 9.17) is 16.3 Å². The third-order valence-electron chi connectivity index (χ3n) is 3.74. The largest absolute Gasteiger partial charge is 0.488 e. The lowest BCUT2D eigenvalue weighted by molar-refractivity contribution is 0.0933. The number of urea groups is 1. The molecule has 3 N–H and O–H groups in total. The van der Waals surface area contributed by atoms with Gasteiger partial charge in [-0.1, -0.05) is 60.1 Å². The Labute approximate surface area is 167 Å². The van der Waals surface area contributed by atoms with Crippen molar-refractivity contribution in [2.75, 3.05) is 5.32 Å². The molecule has 0 fully saturated rings. The third kappa shape index (κ3) is 5.49. The van der Waals surface area contributed by atoms with Gasteiger partial charge in [-0.25, -0.2) is 10.2 Å². The van der Waals surface area contributed by atoms with Crippen LogP contribution >= 0.6 is 11.6 Å². The SMILES string of the molecule is O=C(NNC(=O)c1ccccc1OCc1ccccc1)Nc1cccc(Cl)c1. The summed E-state index contributed by atoms with van der Waals surface area (Å²) in [5.74, 6) is -0.0780. The molecule has 28 heavy (non-hydrogen) atoms. The minimum absolute atomic E-state index is 0.307. The minimum Gasteiger partial charge on any atom is -0.488 e. The highest BCUT2D eigenvalue weighted by molar-refractivity contribution is 6.30. The van der Waals surface area contributed by atoms with Crippen LogP contribution in [0.3, 0.4) is 0 Å². The first kappa shape index (κ1) is 19.3. The van der Waals surface area contributed by atoms with Crippen LogP contribution < -0.4 is 20.9 Å². The lowest BCUT2D eigenvalue weighted by Crippen LogP contribution is -2.44. The first-order valence-electron chi connectivity index (χ1n) is 8.50. The second kappa shape index (κ2) is 9.43. The molecule has 3 aromatic carbocycles. The molecule has 0 spiro atoms. The van der Waals surface area contributed by atoms with Gasteiger partial charge in [0.25, 0.3) is 5.91 Å². The summed E-state index contributed by atoms with van der Waals surface area (Å²) in [6, 6.07) is 22.5. The van der Waals surface area contributed by atoms with Gasteiger partial charge in [0.1, 0.15) is 12.4 Å². The molecule has 0 aromatic heterocycles. The van der Waals surface area contributed by atoms with Crippen LogP contribution in [0.5, 0.6) is 5.75 Å². The summed E-state index contributed by atoms with van der Waals surface area (Å²) in [7, 11) is 0. The molecule has 6 nitrogen and oxygen atoms in total. The molecular formula is C21H18ClN3O3. The van der Waals surface area contributed by atoms with Crippen molar-refractivity contribution in [1.29, 1.82) is 0 Å². The molecule has 7 heteroatoms. The van der Waals surface area contributed by atoms with Crippen molar-refractivity contribution in [1.82, 2.24) is 10.9 Å². The van der Waals surface area contributed by atoms with Crippen molar-refractivity contribution in [3.63, 3.8) is 0 Å². The lowest BCUT2D eigenvalue weighted by Gasteiger charge is -2.13. The predicted molar refractivity (Wildman–Crippen MR) is 108 cm³/mol. The van der Waals surface area contributed by atoms with Crippen LogP contribution in [0.2, 0.25) is 5.02 Å². The maximum atomic E-state index is 12.4. The summed E-state index contributed by atoms with van der Waals surface area (Å²) < 4.78 is 5.76. The predicted octanol–water partition coefficient (Wildman–Crippen LogP) is 4.39. The first-order chi connectivity index (χ1) is 13.6. The summed E-state index contributed by atoms with van der Waals surface area (Å²) >= 11 is 5.87. The number of ether oxygens (including phenoxy) is 1. The Kier molecular flexibility index (Phi) is 6.49. The van der Waals surface area contributed by atoms with Crippen LogP contribution in [0.25, 0.3) is 0 Å². The average molecular weight is 396 g/mol. The van der Waals surface area contributed by atoms with E-state index < -0.39 is 11.9 Å². The molecule has 0 radical (unpaired) electrons. The fourth-order valence-corrected chi connectivity index (χ4v) is 2.62. The highest BCUT2D eigenvalue weighted by atomic mass is 35.5. The Balaban J connectivity index is 1.57. The van der Waals surface area contributed by atoms with Crippen molar-refractivity contribution in [3.8, 4) is 5.75 Å². The number of hydrogen-bond acceptors (Lipinski definition) is 3. The van der Waals surface area contributed by atoms with Gasteiger partial charge < -0.3 is 10.1 Å². The normalized spacial score (nSPS) is 10.0. The summed E-state index contributed by atoms with van der Waals surface area (Å²) in [6.07, 6.45) is 0. The van der Waals surface area contributed by atoms with E-state index in [0.717, 1.165) is 5.56 Å². The van der Waals surface area contributed by atoms with Crippen LogP contribution in [0.4, 0.5) is 10.5 Å². The molecule has 3 rings (SSSR count). The standard InChI is InChI=1S/C21H18ClN3O3/c22-16-9-6-10-17(13-16)23-21(27)25-24-20(26)18-11-4-5-12-19(18)28-14-15-7-2-1-3-8-15/h1-13H,14H2,(H,24,26)(H2,23,25,27). The van der Waals surface area contributed by atoms with Gasteiger partial charge in [-0.3, -0.25) is 10.2 Å². The zero-order valence-corrected chi connectivity index (χ0v) is 15.6. The van der Waals surface area contributed by atoms with Gasteiger partial charge in [-0.05, 0) is 35.9 Å². The molecule has 0 saturated carbocycles. The van der Waals surface area contributed by atoms with Gasteiger partial charge in [0.15, 0.2) is 0 Å². The quantitative estimate of drug-likeness (QED) is 0.561. The number of halogens is 1. The molecule has 0 saturated heterocycles. The number of anilines is 1. The molecular weight excluding hydrogens is 378 g/mol. The molecule has 0 atom stereocenters. The van der Waals surface area contributed by atoms with Crippen molar-refractivity contribution in [2.24, 2.45) is 0 Å². The summed E-state index contributed by atoms with van der Waals surface area (Å²) in [4.78, 5) is 24.4.